The number of carbonyl (C=O) groups excluding carboxylic acids is 1. The van der Waals surface area contributed by atoms with Gasteiger partial charge in [0.25, 0.3) is 0 Å². The van der Waals surface area contributed by atoms with E-state index in [9.17, 15) is 9.59 Å². The summed E-state index contributed by atoms with van der Waals surface area (Å²) < 4.78 is 0. The SMILES string of the molecule is CC(CC1CCCC1)C(=O)NCCSCC(=O)O. The van der Waals surface area contributed by atoms with Gasteiger partial charge < -0.3 is 10.4 Å². The molecular formula is C13H23NO3S. The molecule has 5 heteroatoms. The molecule has 1 unspecified atom stereocenters. The second-order valence-corrected chi connectivity index (χ2v) is 6.13. The highest BCUT2D eigenvalue weighted by atomic mass is 32.2. The van der Waals surface area contributed by atoms with Crippen molar-refractivity contribution in [3.05, 3.63) is 0 Å². The summed E-state index contributed by atoms with van der Waals surface area (Å²) in [5.41, 5.74) is 0. The predicted molar refractivity (Wildman–Crippen MR) is 73.7 cm³/mol. The molecule has 1 rings (SSSR count). The van der Waals surface area contributed by atoms with Crippen LogP contribution in [0.4, 0.5) is 0 Å². The molecule has 1 amide bonds. The first-order chi connectivity index (χ1) is 8.59. The molecule has 0 bridgehead atoms. The van der Waals surface area contributed by atoms with Gasteiger partial charge >= 0.3 is 5.97 Å². The van der Waals surface area contributed by atoms with Crippen LogP contribution in [0.5, 0.6) is 0 Å². The average molecular weight is 273 g/mol. The molecule has 0 saturated heterocycles. The van der Waals surface area contributed by atoms with E-state index in [1.807, 2.05) is 6.92 Å². The van der Waals surface area contributed by atoms with Crippen LogP contribution in [0.25, 0.3) is 0 Å². The van der Waals surface area contributed by atoms with Crippen molar-refractivity contribution in [2.75, 3.05) is 18.1 Å². The summed E-state index contributed by atoms with van der Waals surface area (Å²) in [4.78, 5) is 22.1. The lowest BCUT2D eigenvalue weighted by molar-refractivity contribution is -0.134. The number of hydrogen-bond donors (Lipinski definition) is 2. The van der Waals surface area contributed by atoms with Gasteiger partial charge in [0, 0.05) is 18.2 Å². The molecule has 18 heavy (non-hydrogen) atoms. The fourth-order valence-corrected chi connectivity index (χ4v) is 3.00. The molecule has 1 fully saturated rings. The van der Waals surface area contributed by atoms with Gasteiger partial charge in [0.2, 0.25) is 5.91 Å². The van der Waals surface area contributed by atoms with Crippen molar-refractivity contribution in [3.8, 4) is 0 Å². The van der Waals surface area contributed by atoms with Crippen molar-refractivity contribution >= 4 is 23.6 Å². The molecule has 0 aliphatic heterocycles. The van der Waals surface area contributed by atoms with E-state index in [0.29, 0.717) is 12.3 Å². The van der Waals surface area contributed by atoms with Gasteiger partial charge in [-0.3, -0.25) is 9.59 Å². The van der Waals surface area contributed by atoms with E-state index in [1.54, 1.807) is 0 Å². The molecule has 0 heterocycles. The van der Waals surface area contributed by atoms with Crippen LogP contribution in [0.3, 0.4) is 0 Å². The van der Waals surface area contributed by atoms with Crippen LogP contribution in [0.2, 0.25) is 0 Å². The lowest BCUT2D eigenvalue weighted by Crippen LogP contribution is -2.32. The third-order valence-electron chi connectivity index (χ3n) is 3.38. The summed E-state index contributed by atoms with van der Waals surface area (Å²) in [5.74, 6) is 0.880. The third-order valence-corrected chi connectivity index (χ3v) is 4.32. The molecule has 4 nitrogen and oxygen atoms in total. The van der Waals surface area contributed by atoms with Crippen molar-refractivity contribution in [3.63, 3.8) is 0 Å². The van der Waals surface area contributed by atoms with Crippen molar-refractivity contribution in [1.82, 2.24) is 5.32 Å². The van der Waals surface area contributed by atoms with Crippen LogP contribution >= 0.6 is 11.8 Å². The van der Waals surface area contributed by atoms with Gasteiger partial charge in [-0.15, -0.1) is 11.8 Å². The Morgan fingerprint density at radius 1 is 1.39 bits per heavy atom. The van der Waals surface area contributed by atoms with E-state index >= 15 is 0 Å². The molecule has 0 spiro atoms. The van der Waals surface area contributed by atoms with Gasteiger partial charge in [-0.05, 0) is 12.3 Å². The van der Waals surface area contributed by atoms with Crippen molar-refractivity contribution < 1.29 is 14.7 Å². The number of carboxylic acids is 1. The van der Waals surface area contributed by atoms with E-state index in [1.165, 1.54) is 37.4 Å². The number of rotatable bonds is 8. The van der Waals surface area contributed by atoms with E-state index in [-0.39, 0.29) is 17.6 Å². The standard InChI is InChI=1S/C13H23NO3S/c1-10(8-11-4-2-3-5-11)13(17)14-6-7-18-9-12(15)16/h10-11H,2-9H2,1H3,(H,14,17)(H,15,16). The average Bonchev–Trinajstić information content (AvgIpc) is 2.80. The van der Waals surface area contributed by atoms with Gasteiger partial charge in [-0.2, -0.15) is 0 Å². The summed E-state index contributed by atoms with van der Waals surface area (Å²) >= 11 is 1.33. The monoisotopic (exact) mass is 273 g/mol. The molecule has 1 atom stereocenters. The Labute approximate surface area is 113 Å². The molecule has 0 aromatic heterocycles. The van der Waals surface area contributed by atoms with Crippen LogP contribution in [0.15, 0.2) is 0 Å². The van der Waals surface area contributed by atoms with Crippen LogP contribution in [-0.4, -0.2) is 35.0 Å². The Morgan fingerprint density at radius 3 is 2.67 bits per heavy atom. The van der Waals surface area contributed by atoms with Gasteiger partial charge in [-0.1, -0.05) is 32.6 Å². The fraction of sp³-hybridized carbons (Fsp3) is 0.846. The summed E-state index contributed by atoms with van der Waals surface area (Å²) in [6.07, 6.45) is 6.15. The molecule has 104 valence electrons. The number of carbonyl (C=O) groups is 2. The van der Waals surface area contributed by atoms with Gasteiger partial charge in [-0.25, -0.2) is 0 Å². The Balaban J connectivity index is 2.05. The Hall–Kier alpha value is -0.710. The number of hydrogen-bond acceptors (Lipinski definition) is 3. The van der Waals surface area contributed by atoms with Gasteiger partial charge in [0.05, 0.1) is 5.75 Å². The quantitative estimate of drug-likeness (QED) is 0.665. The molecule has 1 saturated carbocycles. The summed E-state index contributed by atoms with van der Waals surface area (Å²) in [6.45, 7) is 2.55. The number of amides is 1. The number of nitrogens with one attached hydrogen (secondary N) is 1. The second-order valence-electron chi connectivity index (χ2n) is 5.02. The fourth-order valence-electron chi connectivity index (χ4n) is 2.43. The Bertz CT molecular complexity index is 277. The Kier molecular flexibility index (Phi) is 7.16. The smallest absolute Gasteiger partial charge is 0.313 e. The van der Waals surface area contributed by atoms with E-state index in [0.717, 1.165) is 12.3 Å². The zero-order valence-electron chi connectivity index (χ0n) is 11.0. The highest BCUT2D eigenvalue weighted by Crippen LogP contribution is 2.30. The molecule has 0 aromatic carbocycles. The normalized spacial score (nSPS) is 17.6. The van der Waals surface area contributed by atoms with Crippen LogP contribution in [-0.2, 0) is 9.59 Å². The van der Waals surface area contributed by atoms with Crippen LogP contribution in [0.1, 0.15) is 39.0 Å². The predicted octanol–water partition coefficient (Wildman–Crippen LogP) is 2.14. The van der Waals surface area contributed by atoms with Crippen molar-refractivity contribution in [1.29, 1.82) is 0 Å². The number of aliphatic carboxylic acids is 1. The maximum Gasteiger partial charge on any atom is 0.313 e. The second kappa shape index (κ2) is 8.40. The molecule has 0 aromatic rings. The maximum atomic E-state index is 11.8. The minimum atomic E-state index is -0.805. The Morgan fingerprint density at radius 2 is 2.06 bits per heavy atom. The van der Waals surface area contributed by atoms with Crippen molar-refractivity contribution in [2.24, 2.45) is 11.8 Å². The highest BCUT2D eigenvalue weighted by Gasteiger charge is 2.21. The molecular weight excluding hydrogens is 250 g/mol. The third kappa shape index (κ3) is 6.28. The topological polar surface area (TPSA) is 66.4 Å². The molecule has 2 N–H and O–H groups in total. The molecule has 1 aliphatic rings. The van der Waals surface area contributed by atoms with Crippen LogP contribution < -0.4 is 5.32 Å². The zero-order valence-corrected chi connectivity index (χ0v) is 11.8. The minimum Gasteiger partial charge on any atom is -0.481 e. The lowest BCUT2D eigenvalue weighted by Gasteiger charge is -2.15. The van der Waals surface area contributed by atoms with E-state index in [2.05, 4.69) is 5.32 Å². The van der Waals surface area contributed by atoms with Crippen LogP contribution in [0, 0.1) is 11.8 Å². The minimum absolute atomic E-state index is 0.0811. The highest BCUT2D eigenvalue weighted by molar-refractivity contribution is 7.99. The summed E-state index contributed by atoms with van der Waals surface area (Å²) in [7, 11) is 0. The lowest BCUT2D eigenvalue weighted by atomic mass is 9.94. The van der Waals surface area contributed by atoms with Gasteiger partial charge in [0.1, 0.15) is 0 Å². The van der Waals surface area contributed by atoms with Crippen molar-refractivity contribution in [2.45, 2.75) is 39.0 Å². The summed E-state index contributed by atoms with van der Waals surface area (Å²) in [6, 6.07) is 0. The first kappa shape index (κ1) is 15.3. The molecule has 1 aliphatic carbocycles. The van der Waals surface area contributed by atoms with E-state index < -0.39 is 5.97 Å². The maximum absolute atomic E-state index is 11.8. The molecule has 0 radical (unpaired) electrons. The first-order valence-corrected chi connectivity index (χ1v) is 7.82. The number of carboxylic acid groups (broad SMARTS) is 1. The van der Waals surface area contributed by atoms with Gasteiger partial charge in [0.15, 0.2) is 0 Å². The summed E-state index contributed by atoms with van der Waals surface area (Å²) in [5, 5.41) is 11.3. The first-order valence-electron chi connectivity index (χ1n) is 6.67. The van der Waals surface area contributed by atoms with E-state index in [4.69, 9.17) is 5.11 Å². The zero-order chi connectivity index (χ0) is 13.4. The number of thioether (sulfide) groups is 1. The largest absolute Gasteiger partial charge is 0.481 e.